The molecule has 0 aliphatic rings. The van der Waals surface area contributed by atoms with Crippen LogP contribution in [0.3, 0.4) is 0 Å². The van der Waals surface area contributed by atoms with Crippen LogP contribution in [0.15, 0.2) is 59.4 Å². The SMILES string of the molecule is COC(=O)Nc1ccc(-c2c(CC(=O)O)c([C@@H](N)Cc3ccccc3)n[nH]c2=O)cc1. The van der Waals surface area contributed by atoms with Crippen LogP contribution in [0.25, 0.3) is 11.1 Å². The third-order valence-electron chi connectivity index (χ3n) is 4.70. The Morgan fingerprint density at radius 1 is 1.16 bits per heavy atom. The molecule has 1 heterocycles. The van der Waals surface area contributed by atoms with Crippen molar-refractivity contribution in [3.63, 3.8) is 0 Å². The van der Waals surface area contributed by atoms with Gasteiger partial charge < -0.3 is 15.6 Å². The third-order valence-corrected chi connectivity index (χ3v) is 4.70. The predicted molar refractivity (Wildman–Crippen MR) is 115 cm³/mol. The lowest BCUT2D eigenvalue weighted by molar-refractivity contribution is -0.136. The molecule has 1 amide bonds. The van der Waals surface area contributed by atoms with Crippen LogP contribution in [0, 0.1) is 0 Å². The molecule has 2 aromatic carbocycles. The second kappa shape index (κ2) is 9.68. The molecule has 9 nitrogen and oxygen atoms in total. The molecule has 31 heavy (non-hydrogen) atoms. The number of carboxylic acid groups (broad SMARTS) is 1. The van der Waals surface area contributed by atoms with Crippen LogP contribution in [0.1, 0.15) is 22.9 Å². The average Bonchev–Trinajstić information content (AvgIpc) is 2.75. The number of nitrogens with two attached hydrogens (primary N) is 1. The molecular formula is C22H22N4O5. The van der Waals surface area contributed by atoms with Gasteiger partial charge in [0.2, 0.25) is 0 Å². The number of H-pyrrole nitrogens is 1. The van der Waals surface area contributed by atoms with Crippen LogP contribution < -0.4 is 16.6 Å². The van der Waals surface area contributed by atoms with E-state index in [9.17, 15) is 19.5 Å². The van der Waals surface area contributed by atoms with Crippen LogP contribution in [0.2, 0.25) is 0 Å². The maximum absolute atomic E-state index is 12.6. The molecule has 0 bridgehead atoms. The Kier molecular flexibility index (Phi) is 6.78. The zero-order chi connectivity index (χ0) is 22.4. The quantitative estimate of drug-likeness (QED) is 0.457. The monoisotopic (exact) mass is 422 g/mol. The number of benzene rings is 2. The highest BCUT2D eigenvalue weighted by atomic mass is 16.5. The molecule has 9 heteroatoms. The highest BCUT2D eigenvalue weighted by Crippen LogP contribution is 2.27. The summed E-state index contributed by atoms with van der Waals surface area (Å²) in [5.74, 6) is -1.11. The Morgan fingerprint density at radius 3 is 2.45 bits per heavy atom. The van der Waals surface area contributed by atoms with E-state index >= 15 is 0 Å². The summed E-state index contributed by atoms with van der Waals surface area (Å²) in [6.07, 6.45) is -0.615. The van der Waals surface area contributed by atoms with E-state index in [4.69, 9.17) is 5.73 Å². The molecule has 0 saturated heterocycles. The van der Waals surface area contributed by atoms with Crippen LogP contribution >= 0.6 is 0 Å². The summed E-state index contributed by atoms with van der Waals surface area (Å²) in [7, 11) is 1.25. The van der Waals surface area contributed by atoms with Crippen LogP contribution in [0.4, 0.5) is 10.5 Å². The smallest absolute Gasteiger partial charge is 0.411 e. The maximum Gasteiger partial charge on any atom is 0.411 e. The lowest BCUT2D eigenvalue weighted by Gasteiger charge is -2.17. The van der Waals surface area contributed by atoms with Crippen molar-refractivity contribution in [2.45, 2.75) is 18.9 Å². The fourth-order valence-corrected chi connectivity index (χ4v) is 3.30. The van der Waals surface area contributed by atoms with E-state index in [0.717, 1.165) is 5.56 Å². The number of hydrogen-bond acceptors (Lipinski definition) is 6. The van der Waals surface area contributed by atoms with E-state index in [-0.39, 0.29) is 11.1 Å². The number of nitrogens with zero attached hydrogens (tertiary/aromatic N) is 1. The number of nitrogens with one attached hydrogen (secondary N) is 2. The fraction of sp³-hybridized carbons (Fsp3) is 0.182. The first-order valence-corrected chi connectivity index (χ1v) is 9.47. The minimum absolute atomic E-state index is 0.181. The van der Waals surface area contributed by atoms with Gasteiger partial charge in [0, 0.05) is 11.3 Å². The number of ether oxygens (including phenoxy) is 1. The van der Waals surface area contributed by atoms with Gasteiger partial charge in [-0.25, -0.2) is 9.89 Å². The van der Waals surface area contributed by atoms with E-state index in [2.05, 4.69) is 20.3 Å². The Bertz CT molecular complexity index is 1130. The van der Waals surface area contributed by atoms with Crippen molar-refractivity contribution in [3.05, 3.63) is 81.8 Å². The van der Waals surface area contributed by atoms with E-state index in [1.807, 2.05) is 30.3 Å². The molecule has 0 aliphatic carbocycles. The van der Waals surface area contributed by atoms with Crippen LogP contribution in [0.5, 0.6) is 0 Å². The van der Waals surface area contributed by atoms with Crippen LogP contribution in [-0.4, -0.2) is 34.5 Å². The number of methoxy groups -OCH3 is 1. The number of amides is 1. The number of carbonyl (C=O) groups excluding carboxylic acids is 1. The Morgan fingerprint density at radius 2 is 1.84 bits per heavy atom. The van der Waals surface area contributed by atoms with E-state index < -0.39 is 30.1 Å². The summed E-state index contributed by atoms with van der Waals surface area (Å²) < 4.78 is 4.55. The molecule has 3 rings (SSSR count). The molecule has 1 aromatic heterocycles. The van der Waals surface area contributed by atoms with Gasteiger partial charge in [-0.3, -0.25) is 14.9 Å². The first kappa shape index (κ1) is 21.7. The maximum atomic E-state index is 12.6. The van der Waals surface area contributed by atoms with Gasteiger partial charge in [0.15, 0.2) is 0 Å². The summed E-state index contributed by atoms with van der Waals surface area (Å²) in [4.78, 5) is 35.5. The van der Waals surface area contributed by atoms with Crippen molar-refractivity contribution in [2.75, 3.05) is 12.4 Å². The zero-order valence-corrected chi connectivity index (χ0v) is 16.8. The van der Waals surface area contributed by atoms with Gasteiger partial charge in [0.25, 0.3) is 5.56 Å². The highest BCUT2D eigenvalue weighted by molar-refractivity contribution is 5.85. The second-order valence-corrected chi connectivity index (χ2v) is 6.85. The van der Waals surface area contributed by atoms with Crippen molar-refractivity contribution in [1.82, 2.24) is 10.2 Å². The van der Waals surface area contributed by atoms with Gasteiger partial charge >= 0.3 is 12.1 Å². The van der Waals surface area contributed by atoms with Crippen molar-refractivity contribution >= 4 is 17.7 Å². The summed E-state index contributed by atoms with van der Waals surface area (Å²) >= 11 is 0. The van der Waals surface area contributed by atoms with Gasteiger partial charge in [-0.2, -0.15) is 5.10 Å². The van der Waals surface area contributed by atoms with E-state index in [0.29, 0.717) is 23.4 Å². The Balaban J connectivity index is 2.03. The topological polar surface area (TPSA) is 147 Å². The number of hydrogen-bond donors (Lipinski definition) is 4. The lowest BCUT2D eigenvalue weighted by Crippen LogP contribution is -2.25. The molecule has 0 unspecified atom stereocenters. The van der Waals surface area contributed by atoms with Gasteiger partial charge in [-0.05, 0) is 29.7 Å². The molecule has 0 fully saturated rings. The van der Waals surface area contributed by atoms with E-state index in [1.165, 1.54) is 7.11 Å². The molecule has 5 N–H and O–H groups in total. The number of rotatable bonds is 7. The van der Waals surface area contributed by atoms with Crippen LogP contribution in [-0.2, 0) is 22.4 Å². The van der Waals surface area contributed by atoms with Crippen molar-refractivity contribution in [1.29, 1.82) is 0 Å². The molecule has 3 aromatic rings. The average molecular weight is 422 g/mol. The fourth-order valence-electron chi connectivity index (χ4n) is 3.30. The summed E-state index contributed by atoms with van der Waals surface area (Å²) in [6, 6.07) is 15.2. The molecule has 0 aliphatic heterocycles. The Hall–Kier alpha value is -3.98. The minimum Gasteiger partial charge on any atom is -0.481 e. The largest absolute Gasteiger partial charge is 0.481 e. The van der Waals surface area contributed by atoms with Crippen molar-refractivity contribution < 1.29 is 19.4 Å². The molecular weight excluding hydrogens is 400 g/mol. The van der Waals surface area contributed by atoms with Crippen molar-refractivity contribution in [3.8, 4) is 11.1 Å². The molecule has 1 atom stereocenters. The number of aromatic amines is 1. The molecule has 160 valence electrons. The molecule has 0 spiro atoms. The lowest BCUT2D eigenvalue weighted by atomic mass is 9.93. The van der Waals surface area contributed by atoms with Gasteiger partial charge in [-0.1, -0.05) is 42.5 Å². The summed E-state index contributed by atoms with van der Waals surface area (Å²) in [5, 5.41) is 18.5. The Labute approximate surface area is 177 Å². The third kappa shape index (κ3) is 5.34. The number of aliphatic carboxylic acids is 1. The standard InChI is InChI=1S/C22H22N4O5/c1-31-22(30)24-15-9-7-14(8-10-15)19-16(12-18(27)28)20(25-26-21(19)29)17(23)11-13-5-3-2-4-6-13/h2-10,17H,11-12,23H2,1H3,(H,24,30)(H,26,29)(H,27,28)/t17-/m0/s1. The normalized spacial score (nSPS) is 11.5. The summed E-state index contributed by atoms with van der Waals surface area (Å²) in [6.45, 7) is 0. The molecule has 0 saturated carbocycles. The van der Waals surface area contributed by atoms with Crippen molar-refractivity contribution in [2.24, 2.45) is 5.73 Å². The minimum atomic E-state index is -1.11. The second-order valence-electron chi connectivity index (χ2n) is 6.85. The summed E-state index contributed by atoms with van der Waals surface area (Å²) in [5.41, 5.74) is 8.48. The number of anilines is 1. The van der Waals surface area contributed by atoms with Gasteiger partial charge in [0.05, 0.1) is 30.8 Å². The first-order chi connectivity index (χ1) is 14.9. The molecule has 0 radical (unpaired) electrons. The predicted octanol–water partition coefficient (Wildman–Crippen LogP) is 2.48. The van der Waals surface area contributed by atoms with Gasteiger partial charge in [-0.15, -0.1) is 0 Å². The highest BCUT2D eigenvalue weighted by Gasteiger charge is 2.22. The number of carboxylic acids is 1. The number of carbonyl (C=O) groups is 2. The number of aromatic nitrogens is 2. The van der Waals surface area contributed by atoms with Gasteiger partial charge in [0.1, 0.15) is 0 Å². The first-order valence-electron chi connectivity index (χ1n) is 9.47. The zero-order valence-electron chi connectivity index (χ0n) is 16.8. The van der Waals surface area contributed by atoms with E-state index in [1.54, 1.807) is 24.3 Å².